The van der Waals surface area contributed by atoms with Crippen molar-refractivity contribution in [2.24, 2.45) is 0 Å². The fourth-order valence-electron chi connectivity index (χ4n) is 2.45. The fraction of sp³-hybridized carbons (Fsp3) is 0.455. The van der Waals surface area contributed by atoms with Crippen LogP contribution in [0.15, 0.2) is 6.33 Å². The smallest absolute Gasteiger partial charge is 0.469 e. The van der Waals surface area contributed by atoms with Gasteiger partial charge in [-0.15, -0.1) is 0 Å². The van der Waals surface area contributed by atoms with Gasteiger partial charge in [0.25, 0.3) is 0 Å². The van der Waals surface area contributed by atoms with E-state index in [4.69, 9.17) is 25.4 Å². The van der Waals surface area contributed by atoms with Crippen molar-refractivity contribution in [1.82, 2.24) is 19.5 Å². The lowest BCUT2D eigenvalue weighted by molar-refractivity contribution is -0.0424. The molecule has 25 heavy (non-hydrogen) atoms. The number of phosphoric ester groups is 1. The van der Waals surface area contributed by atoms with Gasteiger partial charge in [-0.1, -0.05) is 0 Å². The highest BCUT2D eigenvalue weighted by atomic mass is 31.2. The molecule has 3 heterocycles. The van der Waals surface area contributed by atoms with Crippen molar-refractivity contribution < 1.29 is 38.6 Å². The summed E-state index contributed by atoms with van der Waals surface area (Å²) in [6, 6.07) is 0. The monoisotopic (exact) mass is 375 g/mol. The Morgan fingerprint density at radius 3 is 2.84 bits per heavy atom. The van der Waals surface area contributed by atoms with E-state index in [9.17, 15) is 14.5 Å². The van der Waals surface area contributed by atoms with Crippen molar-refractivity contribution in [3.63, 3.8) is 0 Å². The number of aromatic nitrogens is 4. The lowest BCUT2D eigenvalue weighted by Gasteiger charge is -2.16. The Bertz CT molecular complexity index is 866. The zero-order chi connectivity index (χ0) is 18.4. The number of rotatable bonds is 5. The molecule has 0 bridgehead atoms. The minimum absolute atomic E-state index is 0.0486. The number of nitrogen functional groups attached to an aromatic ring is 1. The standard InChI is InChI=1S/C11H14N5O8P/c12-8-7-10(15-9(14-8)11(18)19)16(3-13-7)6-1-4(17)5(24-6)2-23-25(20,21)22/h3-6,17H,1-2H2,(H,18,19)(H2,12,14,15)(H2,20,21,22)/t4-,5+,6+/m0/s1. The Morgan fingerprint density at radius 2 is 2.20 bits per heavy atom. The predicted molar refractivity (Wildman–Crippen MR) is 79.2 cm³/mol. The van der Waals surface area contributed by atoms with Gasteiger partial charge >= 0.3 is 13.8 Å². The number of phosphoric acid groups is 1. The largest absolute Gasteiger partial charge is 0.475 e. The van der Waals surface area contributed by atoms with Crippen LogP contribution in [0.3, 0.4) is 0 Å². The van der Waals surface area contributed by atoms with E-state index in [1.807, 2.05) is 0 Å². The molecule has 0 amide bonds. The summed E-state index contributed by atoms with van der Waals surface area (Å²) in [5.74, 6) is -2.02. The molecule has 1 aliphatic rings. The number of ether oxygens (including phenoxy) is 1. The van der Waals surface area contributed by atoms with Crippen molar-refractivity contribution >= 4 is 30.8 Å². The number of aliphatic hydroxyl groups excluding tert-OH is 1. The Balaban J connectivity index is 1.87. The topological polar surface area (TPSA) is 203 Å². The summed E-state index contributed by atoms with van der Waals surface area (Å²) < 4.78 is 22.0. The number of imidazole rings is 1. The first kappa shape index (κ1) is 17.7. The number of aromatic carboxylic acids is 1. The average molecular weight is 375 g/mol. The van der Waals surface area contributed by atoms with E-state index < -0.39 is 44.7 Å². The highest BCUT2D eigenvalue weighted by Gasteiger charge is 2.37. The Hall–Kier alpha value is -2.15. The number of hydrogen-bond donors (Lipinski definition) is 5. The van der Waals surface area contributed by atoms with E-state index in [0.29, 0.717) is 0 Å². The van der Waals surface area contributed by atoms with Gasteiger partial charge in [0, 0.05) is 6.42 Å². The van der Waals surface area contributed by atoms with Crippen LogP contribution in [0.2, 0.25) is 0 Å². The maximum Gasteiger partial charge on any atom is 0.469 e. The molecule has 136 valence electrons. The van der Waals surface area contributed by atoms with Crippen molar-refractivity contribution in [1.29, 1.82) is 0 Å². The molecule has 6 N–H and O–H groups in total. The number of hydrogen-bond acceptors (Lipinski definition) is 9. The lowest BCUT2D eigenvalue weighted by atomic mass is 10.2. The van der Waals surface area contributed by atoms with Gasteiger partial charge in [-0.3, -0.25) is 9.09 Å². The van der Waals surface area contributed by atoms with Crippen LogP contribution in [0.1, 0.15) is 23.3 Å². The second-order valence-electron chi connectivity index (χ2n) is 5.28. The number of aliphatic hydroxyl groups is 1. The lowest BCUT2D eigenvalue weighted by Crippen LogP contribution is -2.25. The SMILES string of the molecule is Nc1nc(C(=O)O)nc2c1ncn2[C@H]1C[C@H](O)[C@@H](COP(=O)(O)O)O1. The minimum atomic E-state index is -4.70. The first-order chi connectivity index (χ1) is 11.7. The van der Waals surface area contributed by atoms with Crippen LogP contribution in [0, 0.1) is 0 Å². The zero-order valence-electron chi connectivity index (χ0n) is 12.5. The van der Waals surface area contributed by atoms with E-state index in [0.717, 1.165) is 0 Å². The van der Waals surface area contributed by atoms with Crippen molar-refractivity contribution in [2.75, 3.05) is 12.3 Å². The zero-order valence-corrected chi connectivity index (χ0v) is 13.4. The van der Waals surface area contributed by atoms with Crippen LogP contribution in [-0.2, 0) is 13.8 Å². The fourth-order valence-corrected chi connectivity index (χ4v) is 2.79. The van der Waals surface area contributed by atoms with Crippen molar-refractivity contribution in [3.8, 4) is 0 Å². The maximum absolute atomic E-state index is 11.1. The van der Waals surface area contributed by atoms with Crippen LogP contribution >= 0.6 is 7.82 Å². The molecule has 1 saturated heterocycles. The molecule has 3 atom stereocenters. The summed E-state index contributed by atoms with van der Waals surface area (Å²) >= 11 is 0. The molecule has 2 aromatic rings. The molecule has 0 aromatic carbocycles. The first-order valence-corrected chi connectivity index (χ1v) is 8.45. The van der Waals surface area contributed by atoms with E-state index in [-0.39, 0.29) is 23.4 Å². The molecule has 1 aliphatic heterocycles. The summed E-state index contributed by atoms with van der Waals surface area (Å²) in [6.07, 6.45) is -1.51. The second kappa shape index (κ2) is 6.29. The molecule has 0 aliphatic carbocycles. The van der Waals surface area contributed by atoms with Crippen LogP contribution in [0.5, 0.6) is 0 Å². The number of fused-ring (bicyclic) bond motifs is 1. The average Bonchev–Trinajstić information content (AvgIpc) is 3.08. The van der Waals surface area contributed by atoms with E-state index in [1.165, 1.54) is 10.9 Å². The summed E-state index contributed by atoms with van der Waals surface area (Å²) in [6.45, 7) is -0.522. The number of carboxylic acid groups (broad SMARTS) is 1. The van der Waals surface area contributed by atoms with Gasteiger partial charge in [0.2, 0.25) is 5.82 Å². The Morgan fingerprint density at radius 1 is 1.48 bits per heavy atom. The number of anilines is 1. The molecule has 0 radical (unpaired) electrons. The van der Waals surface area contributed by atoms with E-state index in [1.54, 1.807) is 0 Å². The third-order valence-corrected chi connectivity index (χ3v) is 4.05. The van der Waals surface area contributed by atoms with Crippen LogP contribution in [-0.4, -0.2) is 64.3 Å². The van der Waals surface area contributed by atoms with Crippen LogP contribution < -0.4 is 5.73 Å². The molecule has 2 aromatic heterocycles. The van der Waals surface area contributed by atoms with Gasteiger partial charge in [0.1, 0.15) is 17.8 Å². The summed E-state index contributed by atoms with van der Waals surface area (Å²) in [5, 5.41) is 19.0. The number of nitrogens with two attached hydrogens (primary N) is 1. The van der Waals surface area contributed by atoms with Crippen molar-refractivity contribution in [3.05, 3.63) is 12.2 Å². The molecular formula is C11H14N5O8P. The molecule has 14 heteroatoms. The normalized spacial score (nSPS) is 24.0. The molecule has 1 fully saturated rings. The minimum Gasteiger partial charge on any atom is -0.475 e. The van der Waals surface area contributed by atoms with Crippen molar-refractivity contribution in [2.45, 2.75) is 24.9 Å². The highest BCUT2D eigenvalue weighted by Crippen LogP contribution is 2.38. The summed E-state index contributed by atoms with van der Waals surface area (Å²) in [7, 11) is -4.70. The first-order valence-electron chi connectivity index (χ1n) is 6.92. The maximum atomic E-state index is 11.1. The molecule has 0 unspecified atom stereocenters. The van der Waals surface area contributed by atoms with Gasteiger partial charge in [-0.05, 0) is 0 Å². The van der Waals surface area contributed by atoms with E-state index >= 15 is 0 Å². The Kier molecular flexibility index (Phi) is 4.45. The number of nitrogens with zero attached hydrogens (tertiary/aromatic N) is 4. The van der Waals surface area contributed by atoms with Gasteiger partial charge in [-0.25, -0.2) is 24.3 Å². The van der Waals surface area contributed by atoms with Crippen LogP contribution in [0.4, 0.5) is 5.82 Å². The summed E-state index contributed by atoms with van der Waals surface area (Å²) in [5.41, 5.74) is 5.93. The van der Waals surface area contributed by atoms with Gasteiger partial charge in [0.15, 0.2) is 11.5 Å². The quantitative estimate of drug-likeness (QED) is 0.394. The molecule has 0 spiro atoms. The van der Waals surface area contributed by atoms with Gasteiger partial charge < -0.3 is 30.5 Å². The Labute approximate surface area is 139 Å². The molecule has 13 nitrogen and oxygen atoms in total. The number of carbonyl (C=O) groups is 1. The summed E-state index contributed by atoms with van der Waals surface area (Å²) in [4.78, 5) is 40.0. The highest BCUT2D eigenvalue weighted by molar-refractivity contribution is 7.46. The van der Waals surface area contributed by atoms with E-state index in [2.05, 4.69) is 19.5 Å². The van der Waals surface area contributed by atoms with Gasteiger partial charge in [-0.2, -0.15) is 0 Å². The predicted octanol–water partition coefficient (Wildman–Crippen LogP) is -1.14. The third kappa shape index (κ3) is 3.61. The molecular weight excluding hydrogens is 361 g/mol. The molecule has 3 rings (SSSR count). The third-order valence-electron chi connectivity index (χ3n) is 3.56. The van der Waals surface area contributed by atoms with Gasteiger partial charge in [0.05, 0.1) is 19.0 Å². The number of carboxylic acids is 1. The van der Waals surface area contributed by atoms with Crippen LogP contribution in [0.25, 0.3) is 11.2 Å². The molecule has 0 saturated carbocycles. The second-order valence-corrected chi connectivity index (χ2v) is 6.52.